The van der Waals surface area contributed by atoms with Crippen molar-refractivity contribution in [1.29, 1.82) is 0 Å². The van der Waals surface area contributed by atoms with Gasteiger partial charge in [0, 0.05) is 25.3 Å². The van der Waals surface area contributed by atoms with E-state index in [1.54, 1.807) is 6.20 Å². The average molecular weight is 487 g/mol. The van der Waals surface area contributed by atoms with Crippen molar-refractivity contribution in [2.45, 2.75) is 57.4 Å². The zero-order valence-electron chi connectivity index (χ0n) is 19.2. The number of nitrogens with zero attached hydrogens (tertiary/aromatic N) is 4. The van der Waals surface area contributed by atoms with Gasteiger partial charge in [0.25, 0.3) is 0 Å². The summed E-state index contributed by atoms with van der Waals surface area (Å²) >= 11 is 1.54. The van der Waals surface area contributed by atoms with Crippen LogP contribution in [0.5, 0.6) is 0 Å². The lowest BCUT2D eigenvalue weighted by Gasteiger charge is -2.25. The Kier molecular flexibility index (Phi) is 6.63. The first kappa shape index (κ1) is 23.3. The summed E-state index contributed by atoms with van der Waals surface area (Å²) in [7, 11) is 0. The summed E-state index contributed by atoms with van der Waals surface area (Å²) < 4.78 is 6.60. The Hall–Kier alpha value is -2.44. The van der Waals surface area contributed by atoms with E-state index in [0.717, 1.165) is 51.6 Å². The Morgan fingerprint density at radius 3 is 2.68 bits per heavy atom. The van der Waals surface area contributed by atoms with E-state index in [9.17, 15) is 15.3 Å². The van der Waals surface area contributed by atoms with Gasteiger partial charge in [0.2, 0.25) is 5.95 Å². The molecule has 11 heteroatoms. The van der Waals surface area contributed by atoms with Crippen LogP contribution in [0.4, 0.5) is 11.8 Å². The fourth-order valence-electron chi connectivity index (χ4n) is 4.75. The molecule has 0 radical (unpaired) electrons. The molecule has 10 nitrogen and oxygen atoms in total. The van der Waals surface area contributed by atoms with Crippen LogP contribution in [0.2, 0.25) is 0 Å². The van der Waals surface area contributed by atoms with Crippen molar-refractivity contribution in [1.82, 2.24) is 19.9 Å². The second-order valence-electron chi connectivity index (χ2n) is 9.09. The van der Waals surface area contributed by atoms with Crippen LogP contribution in [0, 0.1) is 19.8 Å². The summed E-state index contributed by atoms with van der Waals surface area (Å²) in [4.78, 5) is 18.7. The normalized spacial score (nSPS) is 27.3. The Bertz CT molecular complexity index is 1170. The average Bonchev–Trinajstić information content (AvgIpc) is 3.37. The molecular formula is C23H30N6O4S. The molecule has 1 unspecified atom stereocenters. The van der Waals surface area contributed by atoms with E-state index in [0.29, 0.717) is 24.8 Å². The van der Waals surface area contributed by atoms with E-state index >= 15 is 0 Å². The molecule has 5 atom stereocenters. The van der Waals surface area contributed by atoms with Crippen LogP contribution in [-0.2, 0) is 4.74 Å². The van der Waals surface area contributed by atoms with E-state index in [1.165, 1.54) is 11.3 Å². The number of thiazole rings is 1. The summed E-state index contributed by atoms with van der Waals surface area (Å²) in [6.07, 6.45) is 2.12. The third-order valence-corrected chi connectivity index (χ3v) is 7.68. The van der Waals surface area contributed by atoms with E-state index in [-0.39, 0.29) is 12.6 Å². The van der Waals surface area contributed by atoms with E-state index in [1.807, 2.05) is 19.9 Å². The molecule has 5 rings (SSSR count). The van der Waals surface area contributed by atoms with Gasteiger partial charge in [-0.3, -0.25) is 4.98 Å². The number of aromatic nitrogens is 4. The molecule has 1 aliphatic carbocycles. The number of fused-ring (bicyclic) bond motifs is 1. The van der Waals surface area contributed by atoms with E-state index < -0.39 is 24.2 Å². The Morgan fingerprint density at radius 1 is 1.12 bits per heavy atom. The highest BCUT2D eigenvalue weighted by molar-refractivity contribution is 7.21. The number of rotatable bonds is 6. The third kappa shape index (κ3) is 4.46. The molecule has 1 saturated carbocycles. The number of hydrogen-bond donors (Lipinski definition) is 5. The van der Waals surface area contributed by atoms with Gasteiger partial charge in [0.1, 0.15) is 22.4 Å². The minimum atomic E-state index is -1.02. The van der Waals surface area contributed by atoms with Crippen molar-refractivity contribution in [3.8, 4) is 10.6 Å². The number of aliphatic hydroxyl groups excluding tert-OH is 3. The Morgan fingerprint density at radius 2 is 1.97 bits per heavy atom. The predicted octanol–water partition coefficient (Wildman–Crippen LogP) is 1.87. The summed E-state index contributed by atoms with van der Waals surface area (Å²) in [5.41, 5.74) is 3.18. The number of hydrogen-bond acceptors (Lipinski definition) is 11. The van der Waals surface area contributed by atoms with Gasteiger partial charge in [-0.1, -0.05) is 0 Å². The molecule has 0 amide bonds. The first-order chi connectivity index (χ1) is 16.4. The monoisotopic (exact) mass is 486 g/mol. The second kappa shape index (κ2) is 9.67. The van der Waals surface area contributed by atoms with Gasteiger partial charge < -0.3 is 30.7 Å². The predicted molar refractivity (Wildman–Crippen MR) is 130 cm³/mol. The quantitative estimate of drug-likeness (QED) is 0.350. The molecule has 34 heavy (non-hydrogen) atoms. The van der Waals surface area contributed by atoms with Crippen LogP contribution in [-0.4, -0.2) is 79.4 Å². The molecule has 3 aromatic rings. The fraction of sp³-hybridized carbons (Fsp3) is 0.565. The Balaban J connectivity index is 1.54. The van der Waals surface area contributed by atoms with Crippen molar-refractivity contribution < 1.29 is 20.1 Å². The highest BCUT2D eigenvalue weighted by Gasteiger charge is 2.41. The van der Waals surface area contributed by atoms with E-state index in [4.69, 9.17) is 19.7 Å². The van der Waals surface area contributed by atoms with Gasteiger partial charge in [-0.15, -0.1) is 11.3 Å². The maximum Gasteiger partial charge on any atom is 0.225 e. The van der Waals surface area contributed by atoms with Gasteiger partial charge >= 0.3 is 0 Å². The van der Waals surface area contributed by atoms with Crippen molar-refractivity contribution in [3.63, 3.8) is 0 Å². The zero-order chi connectivity index (χ0) is 23.8. The molecule has 1 aliphatic heterocycles. The topological polar surface area (TPSA) is 146 Å². The van der Waals surface area contributed by atoms with Crippen molar-refractivity contribution in [2.75, 3.05) is 30.5 Å². The first-order valence-electron chi connectivity index (χ1n) is 11.6. The van der Waals surface area contributed by atoms with Gasteiger partial charge in [-0.05, 0) is 39.2 Å². The maximum atomic E-state index is 10.6. The molecule has 5 N–H and O–H groups in total. The number of anilines is 2. The largest absolute Gasteiger partial charge is 0.396 e. The fourth-order valence-corrected chi connectivity index (χ4v) is 5.86. The summed E-state index contributed by atoms with van der Waals surface area (Å²) in [6.45, 7) is 5.02. The number of pyridine rings is 1. The zero-order valence-corrected chi connectivity index (χ0v) is 20.0. The number of aryl methyl sites for hydroxylation is 2. The first-order valence-corrected chi connectivity index (χ1v) is 12.4. The lowest BCUT2D eigenvalue weighted by atomic mass is 10.1. The standard InChI is InChI=1S/C23H30N6O4S/c1-11-17(22-28-18-12(2)24-6-5-16(18)34-22)21(27-15-8-13(9-30)19(31)20(15)32)29-23(25-11)26-14-4-3-7-33-10-14/h5-6,13-15,19-20,30-32H,3-4,7-10H2,1-2H3,(H2,25,26,27,29)/t13-,14?,15-,19-,20+/m1/s1. The SMILES string of the molecule is Cc1nc(NC2CCCOC2)nc(N[C@@H]2C[C@H](CO)[C@@H](O)[C@H]2O)c1-c1nc2c(C)nccc2s1. The molecule has 4 heterocycles. The number of aliphatic hydroxyl groups is 3. The molecule has 1 saturated heterocycles. The smallest absolute Gasteiger partial charge is 0.225 e. The summed E-state index contributed by atoms with van der Waals surface area (Å²) in [5.74, 6) is 0.614. The molecule has 0 spiro atoms. The minimum absolute atomic E-state index is 0.126. The third-order valence-electron chi connectivity index (χ3n) is 6.65. The second-order valence-corrected chi connectivity index (χ2v) is 10.1. The van der Waals surface area contributed by atoms with Crippen LogP contribution in [0.25, 0.3) is 20.8 Å². The highest BCUT2D eigenvalue weighted by Crippen LogP contribution is 2.38. The van der Waals surface area contributed by atoms with Gasteiger partial charge in [0.05, 0.1) is 46.4 Å². The Labute approximate surface area is 201 Å². The highest BCUT2D eigenvalue weighted by atomic mass is 32.1. The van der Waals surface area contributed by atoms with Crippen LogP contribution in [0.3, 0.4) is 0 Å². The number of ether oxygens (including phenoxy) is 1. The van der Waals surface area contributed by atoms with Crippen LogP contribution >= 0.6 is 11.3 Å². The minimum Gasteiger partial charge on any atom is -0.396 e. The van der Waals surface area contributed by atoms with Gasteiger partial charge in [0.15, 0.2) is 0 Å². The van der Waals surface area contributed by atoms with Crippen molar-refractivity contribution >= 4 is 33.3 Å². The van der Waals surface area contributed by atoms with Crippen LogP contribution in [0.1, 0.15) is 30.7 Å². The summed E-state index contributed by atoms with van der Waals surface area (Å²) in [6, 6.07) is 1.60. The van der Waals surface area contributed by atoms with Crippen LogP contribution in [0.15, 0.2) is 12.3 Å². The van der Waals surface area contributed by atoms with Gasteiger partial charge in [-0.2, -0.15) is 4.98 Å². The molecule has 0 aromatic carbocycles. The molecule has 2 aliphatic rings. The van der Waals surface area contributed by atoms with Crippen molar-refractivity contribution in [3.05, 3.63) is 23.7 Å². The molecule has 2 fully saturated rings. The lowest BCUT2D eigenvalue weighted by molar-refractivity contribution is 0.00446. The molecule has 182 valence electrons. The summed E-state index contributed by atoms with van der Waals surface area (Å²) in [5, 5.41) is 38.0. The molecule has 3 aromatic heterocycles. The molecule has 0 bridgehead atoms. The lowest BCUT2D eigenvalue weighted by Crippen LogP contribution is -2.36. The maximum absolute atomic E-state index is 10.6. The van der Waals surface area contributed by atoms with E-state index in [2.05, 4.69) is 15.6 Å². The number of nitrogens with one attached hydrogen (secondary N) is 2. The molecular weight excluding hydrogens is 456 g/mol. The van der Waals surface area contributed by atoms with Crippen molar-refractivity contribution in [2.24, 2.45) is 5.92 Å². The van der Waals surface area contributed by atoms with Gasteiger partial charge in [-0.25, -0.2) is 9.97 Å². The van der Waals surface area contributed by atoms with Crippen LogP contribution < -0.4 is 10.6 Å².